The Hall–Kier alpha value is -1.96. The van der Waals surface area contributed by atoms with Gasteiger partial charge in [-0.3, -0.25) is 14.6 Å². The summed E-state index contributed by atoms with van der Waals surface area (Å²) in [5.41, 5.74) is 0.734. The van der Waals surface area contributed by atoms with Gasteiger partial charge in [-0.05, 0) is 36.5 Å². The Balaban J connectivity index is 0.000000487. The number of halogens is 3. The van der Waals surface area contributed by atoms with Crippen molar-refractivity contribution in [2.75, 3.05) is 13.1 Å². The summed E-state index contributed by atoms with van der Waals surface area (Å²) in [5, 5.41) is 13.9. The highest BCUT2D eigenvalue weighted by molar-refractivity contribution is 6.11. The summed E-state index contributed by atoms with van der Waals surface area (Å²) in [4.78, 5) is 25.6. The number of hydrogen-bond acceptors (Lipinski definition) is 5. The Labute approximate surface area is 151 Å². The summed E-state index contributed by atoms with van der Waals surface area (Å²) in [7, 11) is 0. The summed E-state index contributed by atoms with van der Waals surface area (Å²) >= 11 is 0. The quantitative estimate of drug-likeness (QED) is 0.729. The smallest absolute Gasteiger partial charge is 0.382 e. The first kappa shape index (κ1) is 22.1. The number of nitrogens with zero attached hydrogens (tertiary/aromatic N) is 1. The number of rotatable bonds is 2. The number of aldehydes is 1. The fraction of sp³-hybridized carbons (Fsp3) is 0.611. The molecule has 0 saturated carbocycles. The lowest BCUT2D eigenvalue weighted by Gasteiger charge is -2.35. The predicted octanol–water partition coefficient (Wildman–Crippen LogP) is 2.75. The van der Waals surface area contributed by atoms with E-state index < -0.39 is 18.1 Å². The number of ketones is 1. The van der Waals surface area contributed by atoms with Crippen LogP contribution in [0.15, 0.2) is 27.8 Å². The van der Waals surface area contributed by atoms with Crippen LogP contribution in [-0.4, -0.2) is 47.9 Å². The third-order valence-corrected chi connectivity index (χ3v) is 4.10. The lowest BCUT2D eigenvalue weighted by Crippen LogP contribution is -2.37. The van der Waals surface area contributed by atoms with Gasteiger partial charge in [0.15, 0.2) is 5.78 Å². The Bertz CT molecular complexity index is 666. The Morgan fingerprint density at radius 2 is 1.88 bits per heavy atom. The van der Waals surface area contributed by atoms with E-state index in [9.17, 15) is 23.1 Å². The first-order valence-corrected chi connectivity index (χ1v) is 8.20. The molecule has 146 valence electrons. The number of aliphatic hydroxyl groups is 1. The molecule has 0 radical (unpaired) electrons. The molecule has 0 fully saturated rings. The van der Waals surface area contributed by atoms with Gasteiger partial charge in [0.2, 0.25) is 6.29 Å². The van der Waals surface area contributed by atoms with E-state index in [-0.39, 0.29) is 11.2 Å². The van der Waals surface area contributed by atoms with Crippen LogP contribution in [0.2, 0.25) is 0 Å². The minimum atomic E-state index is -4.64. The van der Waals surface area contributed by atoms with E-state index >= 15 is 0 Å². The second-order valence-corrected chi connectivity index (χ2v) is 7.48. The van der Waals surface area contributed by atoms with E-state index in [1.165, 1.54) is 0 Å². The average molecular weight is 374 g/mol. The molecule has 0 bridgehead atoms. The lowest BCUT2D eigenvalue weighted by atomic mass is 9.72. The van der Waals surface area contributed by atoms with Gasteiger partial charge in [-0.1, -0.05) is 20.8 Å². The number of alkyl halides is 3. The standard InChI is InChI=1S/C16H24N2O2.C2HF3O/c1-10-11(8-13-17-6-7-18-13)16(5,20)9-12(14(10)19)15(2,3)4;3-2(4,5)1-6/h9,20H,6-8H2,1-5H3,(H,17,18);1H. The van der Waals surface area contributed by atoms with Gasteiger partial charge in [0.05, 0.1) is 6.54 Å². The van der Waals surface area contributed by atoms with Crippen molar-refractivity contribution in [3.8, 4) is 0 Å². The molecule has 8 heteroatoms. The third kappa shape index (κ3) is 5.79. The molecule has 2 rings (SSSR count). The fourth-order valence-electron chi connectivity index (χ4n) is 2.75. The number of aliphatic imine (C=N–C) groups is 1. The van der Waals surface area contributed by atoms with E-state index in [0.29, 0.717) is 17.6 Å². The number of carbonyl (C=O) groups is 2. The molecule has 0 aromatic heterocycles. The summed E-state index contributed by atoms with van der Waals surface area (Å²) < 4.78 is 31.2. The molecule has 1 aliphatic heterocycles. The number of Topliss-reactive ketones (excluding diaryl/α,β-unsaturated/α-hetero) is 1. The van der Waals surface area contributed by atoms with Crippen LogP contribution in [0.4, 0.5) is 13.2 Å². The van der Waals surface area contributed by atoms with Gasteiger partial charge in [0, 0.05) is 18.5 Å². The zero-order valence-electron chi connectivity index (χ0n) is 15.6. The number of nitrogens with one attached hydrogen (secondary N) is 1. The maximum atomic E-state index is 12.5. The van der Waals surface area contributed by atoms with Gasteiger partial charge in [0.1, 0.15) is 11.4 Å². The van der Waals surface area contributed by atoms with Crippen molar-refractivity contribution in [2.24, 2.45) is 10.4 Å². The SMILES string of the molecule is CC1=C(CC2=NCCN2)C(C)(O)C=C(C(C)(C)C)C1=O.O=CC(F)(F)F. The van der Waals surface area contributed by atoms with E-state index in [4.69, 9.17) is 4.79 Å². The van der Waals surface area contributed by atoms with E-state index in [0.717, 1.165) is 24.5 Å². The maximum Gasteiger partial charge on any atom is 0.446 e. The Morgan fingerprint density at radius 3 is 2.27 bits per heavy atom. The van der Waals surface area contributed by atoms with Crippen LogP contribution in [0.3, 0.4) is 0 Å². The fourth-order valence-corrected chi connectivity index (χ4v) is 2.75. The highest BCUT2D eigenvalue weighted by atomic mass is 19.4. The molecule has 5 nitrogen and oxygen atoms in total. The van der Waals surface area contributed by atoms with Crippen molar-refractivity contribution in [3.63, 3.8) is 0 Å². The first-order chi connectivity index (χ1) is 11.7. The molecule has 1 heterocycles. The van der Waals surface area contributed by atoms with E-state index in [2.05, 4.69) is 10.3 Å². The van der Waals surface area contributed by atoms with Gasteiger partial charge in [-0.25, -0.2) is 0 Å². The highest BCUT2D eigenvalue weighted by Gasteiger charge is 2.38. The normalized spacial score (nSPS) is 23.7. The Kier molecular flexibility index (Phi) is 6.57. The van der Waals surface area contributed by atoms with Gasteiger partial charge in [-0.15, -0.1) is 0 Å². The predicted molar refractivity (Wildman–Crippen MR) is 92.9 cm³/mol. The molecule has 0 aromatic carbocycles. The molecular weight excluding hydrogens is 349 g/mol. The first-order valence-electron chi connectivity index (χ1n) is 8.20. The highest BCUT2D eigenvalue weighted by Crippen LogP contribution is 2.39. The van der Waals surface area contributed by atoms with E-state index in [1.54, 1.807) is 19.9 Å². The number of amidine groups is 1. The van der Waals surface area contributed by atoms with Crippen molar-refractivity contribution < 1.29 is 27.9 Å². The van der Waals surface area contributed by atoms with Crippen molar-refractivity contribution >= 4 is 17.9 Å². The van der Waals surface area contributed by atoms with Gasteiger partial charge in [0.25, 0.3) is 0 Å². The van der Waals surface area contributed by atoms with Crippen LogP contribution in [0.5, 0.6) is 0 Å². The molecule has 0 aromatic rings. The zero-order valence-corrected chi connectivity index (χ0v) is 15.6. The molecule has 0 saturated heterocycles. The van der Waals surface area contributed by atoms with Crippen molar-refractivity contribution in [3.05, 3.63) is 22.8 Å². The second-order valence-electron chi connectivity index (χ2n) is 7.48. The molecule has 2 N–H and O–H groups in total. The van der Waals surface area contributed by atoms with Crippen LogP contribution in [0.1, 0.15) is 41.0 Å². The lowest BCUT2D eigenvalue weighted by molar-refractivity contribution is -0.156. The van der Waals surface area contributed by atoms with Crippen LogP contribution >= 0.6 is 0 Å². The molecule has 0 amide bonds. The van der Waals surface area contributed by atoms with Crippen molar-refractivity contribution in [1.29, 1.82) is 0 Å². The molecule has 0 spiro atoms. The van der Waals surface area contributed by atoms with Gasteiger partial charge < -0.3 is 10.4 Å². The maximum absolute atomic E-state index is 12.5. The number of hydrogen-bond donors (Lipinski definition) is 2. The monoisotopic (exact) mass is 374 g/mol. The molecule has 2 aliphatic rings. The third-order valence-electron chi connectivity index (χ3n) is 4.10. The number of carbonyl (C=O) groups excluding carboxylic acids is 2. The summed E-state index contributed by atoms with van der Waals surface area (Å²) in [5.74, 6) is 0.901. The minimum Gasteiger partial charge on any atom is -0.382 e. The van der Waals surface area contributed by atoms with Crippen LogP contribution < -0.4 is 5.32 Å². The minimum absolute atomic E-state index is 0.0395. The second kappa shape index (κ2) is 7.73. The Morgan fingerprint density at radius 1 is 1.35 bits per heavy atom. The van der Waals surface area contributed by atoms with Crippen molar-refractivity contribution in [2.45, 2.75) is 52.8 Å². The molecule has 26 heavy (non-hydrogen) atoms. The molecule has 1 atom stereocenters. The van der Waals surface area contributed by atoms with Crippen LogP contribution in [0, 0.1) is 5.41 Å². The topological polar surface area (TPSA) is 78.8 Å². The summed E-state index contributed by atoms with van der Waals surface area (Å²) in [6.45, 7) is 11.1. The van der Waals surface area contributed by atoms with Crippen LogP contribution in [0.25, 0.3) is 0 Å². The van der Waals surface area contributed by atoms with Crippen molar-refractivity contribution in [1.82, 2.24) is 5.32 Å². The van der Waals surface area contributed by atoms with Crippen LogP contribution in [-0.2, 0) is 9.59 Å². The van der Waals surface area contributed by atoms with Gasteiger partial charge >= 0.3 is 6.18 Å². The summed E-state index contributed by atoms with van der Waals surface area (Å²) in [6, 6.07) is 0. The van der Waals surface area contributed by atoms with E-state index in [1.807, 2.05) is 20.8 Å². The number of allylic oxidation sites excluding steroid dienone is 2. The molecule has 1 aliphatic carbocycles. The largest absolute Gasteiger partial charge is 0.446 e. The molecular formula is C18H25F3N2O3. The molecule has 1 unspecified atom stereocenters. The van der Waals surface area contributed by atoms with Gasteiger partial charge in [-0.2, -0.15) is 13.2 Å². The summed E-state index contributed by atoms with van der Waals surface area (Å²) in [6.07, 6.45) is -3.47. The zero-order chi connectivity index (χ0) is 20.3. The average Bonchev–Trinajstić information content (AvgIpc) is 2.99.